The van der Waals surface area contributed by atoms with Crippen molar-refractivity contribution in [2.75, 3.05) is 11.9 Å². The maximum Gasteiger partial charge on any atom is 0.333 e. The van der Waals surface area contributed by atoms with Crippen LogP contribution in [0.3, 0.4) is 0 Å². The second kappa shape index (κ2) is 10.9. The molecule has 4 rings (SSSR count). The number of hydrogen-bond donors (Lipinski definition) is 0. The van der Waals surface area contributed by atoms with Crippen LogP contribution in [0.5, 0.6) is 0 Å². The third-order valence-corrected chi connectivity index (χ3v) is 7.98. The van der Waals surface area contributed by atoms with Gasteiger partial charge in [-0.25, -0.2) is 4.79 Å². The molecule has 0 N–H and O–H groups in total. The van der Waals surface area contributed by atoms with Gasteiger partial charge >= 0.3 is 5.97 Å². The van der Waals surface area contributed by atoms with Gasteiger partial charge in [-0.3, -0.25) is 0 Å². The summed E-state index contributed by atoms with van der Waals surface area (Å²) < 4.78 is 6.46. The van der Waals surface area contributed by atoms with Gasteiger partial charge in [-0.1, -0.05) is 99.5 Å². The van der Waals surface area contributed by atoms with Crippen LogP contribution in [0.4, 0.5) is 5.69 Å². The van der Waals surface area contributed by atoms with Crippen LogP contribution in [-0.4, -0.2) is 19.1 Å². The number of carbonyl (C=O) groups excluding carboxylic acids is 1. The highest BCUT2D eigenvalue weighted by atomic mass is 35.5. The Hall–Kier alpha value is -2.78. The highest BCUT2D eigenvalue weighted by Gasteiger charge is 2.43. The molecule has 35 heavy (non-hydrogen) atoms. The van der Waals surface area contributed by atoms with E-state index in [0.29, 0.717) is 10.9 Å². The van der Waals surface area contributed by atoms with Crippen LogP contribution in [0.25, 0.3) is 0 Å². The molecule has 0 heterocycles. The predicted molar refractivity (Wildman–Crippen MR) is 145 cm³/mol. The molecule has 1 fully saturated rings. The van der Waals surface area contributed by atoms with Crippen LogP contribution in [0.2, 0.25) is 5.02 Å². The van der Waals surface area contributed by atoms with E-state index in [-0.39, 0.29) is 23.4 Å². The molecule has 4 heteroatoms. The molecule has 1 saturated carbocycles. The van der Waals surface area contributed by atoms with Gasteiger partial charge in [-0.2, -0.15) is 0 Å². The van der Waals surface area contributed by atoms with E-state index < -0.39 is 6.04 Å². The van der Waals surface area contributed by atoms with Crippen LogP contribution in [-0.2, 0) is 14.9 Å². The molecule has 0 aliphatic heterocycles. The van der Waals surface area contributed by atoms with Crippen molar-refractivity contribution in [2.24, 2.45) is 11.8 Å². The Morgan fingerprint density at radius 2 is 1.54 bits per heavy atom. The molecule has 1 aliphatic rings. The van der Waals surface area contributed by atoms with Crippen molar-refractivity contribution in [2.45, 2.75) is 57.6 Å². The number of benzene rings is 3. The smallest absolute Gasteiger partial charge is 0.333 e. The number of esters is 1. The SMILES string of the molecule is C[C@@H]1CC[C@@H](C(C)(C)c2ccccc2)[C@H](OC(=O)[C@H](c2ccc(Cl)cc2)N(C)c2ccccc2)C1. The number of carbonyl (C=O) groups is 1. The molecular weight excluding hydrogens is 454 g/mol. The highest BCUT2D eigenvalue weighted by Crippen LogP contribution is 2.44. The zero-order valence-electron chi connectivity index (χ0n) is 21.2. The summed E-state index contributed by atoms with van der Waals surface area (Å²) in [4.78, 5) is 15.9. The van der Waals surface area contributed by atoms with E-state index in [2.05, 4.69) is 51.1 Å². The molecule has 3 aromatic carbocycles. The summed E-state index contributed by atoms with van der Waals surface area (Å²) >= 11 is 6.16. The zero-order valence-corrected chi connectivity index (χ0v) is 21.9. The number of para-hydroxylation sites is 1. The van der Waals surface area contributed by atoms with E-state index in [1.807, 2.05) is 66.5 Å². The lowest BCUT2D eigenvalue weighted by Crippen LogP contribution is -2.45. The quantitative estimate of drug-likeness (QED) is 0.316. The van der Waals surface area contributed by atoms with Gasteiger partial charge in [0.1, 0.15) is 6.10 Å². The average molecular weight is 490 g/mol. The maximum atomic E-state index is 13.9. The van der Waals surface area contributed by atoms with Crippen LogP contribution in [0.1, 0.15) is 57.2 Å². The molecule has 3 aromatic rings. The number of hydrogen-bond acceptors (Lipinski definition) is 3. The first-order valence-electron chi connectivity index (χ1n) is 12.6. The first kappa shape index (κ1) is 25.3. The van der Waals surface area contributed by atoms with Crippen LogP contribution < -0.4 is 4.90 Å². The van der Waals surface area contributed by atoms with Gasteiger partial charge in [0.05, 0.1) is 0 Å². The Morgan fingerprint density at radius 1 is 0.943 bits per heavy atom. The van der Waals surface area contributed by atoms with Crippen LogP contribution in [0, 0.1) is 11.8 Å². The summed E-state index contributed by atoms with van der Waals surface area (Å²) in [5.74, 6) is 0.557. The Labute approximate surface area is 215 Å². The molecule has 0 spiro atoms. The minimum atomic E-state index is -0.563. The molecule has 0 aromatic heterocycles. The third-order valence-electron chi connectivity index (χ3n) is 7.73. The Balaban J connectivity index is 1.64. The van der Waals surface area contributed by atoms with Gasteiger partial charge in [0, 0.05) is 23.7 Å². The Kier molecular flexibility index (Phi) is 7.86. The standard InChI is InChI=1S/C31H36ClNO2/c1-22-15-20-27(31(2,3)24-11-7-5-8-12-24)28(21-22)35-30(34)29(23-16-18-25(32)19-17-23)33(4)26-13-9-6-10-14-26/h5-14,16-19,22,27-29H,15,20-21H2,1-4H3/t22-,27-,28-,29+/m1/s1. The first-order chi connectivity index (χ1) is 16.8. The lowest BCUT2D eigenvalue weighted by molar-refractivity contribution is -0.158. The number of ether oxygens (including phenoxy) is 1. The Morgan fingerprint density at radius 3 is 2.17 bits per heavy atom. The molecule has 0 radical (unpaired) electrons. The average Bonchev–Trinajstić information content (AvgIpc) is 2.86. The number of rotatable bonds is 7. The minimum absolute atomic E-state index is 0.104. The van der Waals surface area contributed by atoms with Gasteiger partial charge in [-0.05, 0) is 59.6 Å². The topological polar surface area (TPSA) is 29.5 Å². The molecule has 0 unspecified atom stereocenters. The number of likely N-dealkylation sites (N-methyl/N-ethyl adjacent to an activating group) is 1. The first-order valence-corrected chi connectivity index (χ1v) is 12.9. The summed E-state index contributed by atoms with van der Waals surface area (Å²) in [5, 5.41) is 0.647. The largest absolute Gasteiger partial charge is 0.460 e. The normalized spacial score (nSPS) is 21.2. The molecule has 0 saturated heterocycles. The van der Waals surface area contributed by atoms with Gasteiger partial charge in [0.15, 0.2) is 6.04 Å². The second-order valence-electron chi connectivity index (χ2n) is 10.5. The van der Waals surface area contributed by atoms with E-state index >= 15 is 0 Å². The van der Waals surface area contributed by atoms with Crippen molar-refractivity contribution in [3.8, 4) is 0 Å². The van der Waals surface area contributed by atoms with Crippen LogP contribution >= 0.6 is 11.6 Å². The van der Waals surface area contributed by atoms with Gasteiger partial charge in [0.25, 0.3) is 0 Å². The monoisotopic (exact) mass is 489 g/mol. The molecular formula is C31H36ClNO2. The fraction of sp³-hybridized carbons (Fsp3) is 0.387. The van der Waals surface area contributed by atoms with E-state index in [1.165, 1.54) is 5.56 Å². The molecule has 3 nitrogen and oxygen atoms in total. The second-order valence-corrected chi connectivity index (χ2v) is 10.9. The lowest BCUT2D eigenvalue weighted by Gasteiger charge is -2.44. The van der Waals surface area contributed by atoms with E-state index in [1.54, 1.807) is 0 Å². The van der Waals surface area contributed by atoms with E-state index in [9.17, 15) is 4.79 Å². The third kappa shape index (κ3) is 5.73. The predicted octanol–water partition coefficient (Wildman–Crippen LogP) is 7.84. The molecule has 0 bridgehead atoms. The lowest BCUT2D eigenvalue weighted by atomic mass is 9.64. The van der Waals surface area contributed by atoms with Crippen molar-refractivity contribution in [3.63, 3.8) is 0 Å². The molecule has 1 aliphatic carbocycles. The summed E-state index contributed by atoms with van der Waals surface area (Å²) in [6, 6.07) is 27.5. The van der Waals surface area contributed by atoms with Gasteiger partial charge in [-0.15, -0.1) is 0 Å². The van der Waals surface area contributed by atoms with Gasteiger partial charge < -0.3 is 9.64 Å². The van der Waals surface area contributed by atoms with E-state index in [0.717, 1.165) is 30.5 Å². The van der Waals surface area contributed by atoms with Crippen molar-refractivity contribution in [1.82, 2.24) is 0 Å². The Bertz CT molecular complexity index is 1100. The maximum absolute atomic E-state index is 13.9. The molecule has 184 valence electrons. The van der Waals surface area contributed by atoms with Crippen molar-refractivity contribution < 1.29 is 9.53 Å². The van der Waals surface area contributed by atoms with Gasteiger partial charge in [0.2, 0.25) is 0 Å². The number of halogens is 1. The van der Waals surface area contributed by atoms with Crippen molar-refractivity contribution in [1.29, 1.82) is 0 Å². The van der Waals surface area contributed by atoms with Crippen LogP contribution in [0.15, 0.2) is 84.9 Å². The summed E-state index contributed by atoms with van der Waals surface area (Å²) in [7, 11) is 1.95. The summed E-state index contributed by atoms with van der Waals surface area (Å²) in [5.41, 5.74) is 3.01. The summed E-state index contributed by atoms with van der Waals surface area (Å²) in [6.45, 7) is 6.84. The fourth-order valence-electron chi connectivity index (χ4n) is 5.55. The van der Waals surface area contributed by atoms with Crippen molar-refractivity contribution >= 4 is 23.3 Å². The molecule has 4 atom stereocenters. The fourth-order valence-corrected chi connectivity index (χ4v) is 5.68. The molecule has 0 amide bonds. The van der Waals surface area contributed by atoms with Crippen molar-refractivity contribution in [3.05, 3.63) is 101 Å². The minimum Gasteiger partial charge on any atom is -0.460 e. The van der Waals surface area contributed by atoms with E-state index in [4.69, 9.17) is 16.3 Å². The summed E-state index contributed by atoms with van der Waals surface area (Å²) in [6.07, 6.45) is 2.94. The number of nitrogens with zero attached hydrogens (tertiary/aromatic N) is 1. The number of anilines is 1. The zero-order chi connectivity index (χ0) is 25.0. The highest BCUT2D eigenvalue weighted by molar-refractivity contribution is 6.30.